The minimum Gasteiger partial charge on any atom is -0.479 e. The molecule has 2 unspecified atom stereocenters. The Morgan fingerprint density at radius 3 is 2.33 bits per heavy atom. The van der Waals surface area contributed by atoms with Gasteiger partial charge < -0.3 is 20.5 Å². The normalized spacial score (nSPS) is 20.8. The number of nitrogens with one attached hydrogen (secondary N) is 2. The van der Waals surface area contributed by atoms with Crippen LogP contribution in [0.2, 0.25) is 0 Å². The molecule has 0 aliphatic carbocycles. The molecule has 1 aromatic carbocycles. The van der Waals surface area contributed by atoms with E-state index in [4.69, 9.17) is 9.84 Å². The molecule has 1 aliphatic heterocycles. The number of rotatable bonds is 4. The van der Waals surface area contributed by atoms with Gasteiger partial charge in [0.2, 0.25) is 5.91 Å². The van der Waals surface area contributed by atoms with Gasteiger partial charge in [0.25, 0.3) is 5.91 Å². The molecule has 2 amide bonds. The molecule has 21 heavy (non-hydrogen) atoms. The minimum atomic E-state index is -1.06. The highest BCUT2D eigenvalue weighted by atomic mass is 16.5. The van der Waals surface area contributed by atoms with E-state index in [1.54, 1.807) is 24.3 Å². The van der Waals surface area contributed by atoms with Gasteiger partial charge in [0, 0.05) is 18.3 Å². The van der Waals surface area contributed by atoms with Crippen LogP contribution in [0.3, 0.4) is 0 Å². The van der Waals surface area contributed by atoms with Crippen molar-refractivity contribution in [3.05, 3.63) is 24.3 Å². The summed E-state index contributed by atoms with van der Waals surface area (Å²) in [5, 5.41) is 14.1. The maximum atomic E-state index is 12.0. The number of carbonyl (C=O) groups is 3. The number of ether oxygens (including phenoxy) is 1. The predicted octanol–water partition coefficient (Wildman–Crippen LogP) is 1.22. The molecular weight excluding hydrogens is 276 g/mol. The molecule has 0 radical (unpaired) electrons. The molecule has 2 atom stereocenters. The Balaban J connectivity index is 1.97. The van der Waals surface area contributed by atoms with Crippen LogP contribution in [0.4, 0.5) is 11.4 Å². The summed E-state index contributed by atoms with van der Waals surface area (Å²) in [4.78, 5) is 33.8. The molecule has 0 spiro atoms. The Hall–Kier alpha value is -2.41. The summed E-state index contributed by atoms with van der Waals surface area (Å²) < 4.78 is 5.17. The molecule has 7 nitrogen and oxygen atoms in total. The van der Waals surface area contributed by atoms with Gasteiger partial charge in [-0.15, -0.1) is 0 Å². The van der Waals surface area contributed by atoms with Crippen LogP contribution < -0.4 is 10.6 Å². The molecule has 1 fully saturated rings. The summed E-state index contributed by atoms with van der Waals surface area (Å²) in [5.41, 5.74) is 1.07. The Morgan fingerprint density at radius 1 is 1.14 bits per heavy atom. The van der Waals surface area contributed by atoms with Crippen LogP contribution in [0.25, 0.3) is 0 Å². The average molecular weight is 292 g/mol. The Morgan fingerprint density at radius 2 is 1.76 bits per heavy atom. The van der Waals surface area contributed by atoms with Crippen molar-refractivity contribution in [2.75, 3.05) is 10.6 Å². The number of hydrogen-bond donors (Lipinski definition) is 3. The second-order valence-electron chi connectivity index (χ2n) is 4.78. The molecule has 1 aliphatic rings. The van der Waals surface area contributed by atoms with E-state index in [0.717, 1.165) is 0 Å². The van der Waals surface area contributed by atoms with Gasteiger partial charge in [0.05, 0.1) is 0 Å². The van der Waals surface area contributed by atoms with E-state index in [0.29, 0.717) is 24.2 Å². The van der Waals surface area contributed by atoms with Gasteiger partial charge >= 0.3 is 5.97 Å². The molecule has 112 valence electrons. The first-order valence-corrected chi connectivity index (χ1v) is 6.52. The lowest BCUT2D eigenvalue weighted by atomic mass is 10.2. The number of aliphatic carboxylic acids is 1. The monoisotopic (exact) mass is 292 g/mol. The molecule has 7 heteroatoms. The van der Waals surface area contributed by atoms with Gasteiger partial charge in [-0.05, 0) is 31.0 Å². The third kappa shape index (κ3) is 4.03. The lowest BCUT2D eigenvalue weighted by Gasteiger charge is -2.12. The van der Waals surface area contributed by atoms with Crippen LogP contribution in [0.5, 0.6) is 0 Å². The highest BCUT2D eigenvalue weighted by Crippen LogP contribution is 2.22. The SMILES string of the molecule is CC(=O)Nc1cccc(NC(=O)C2CCC(C(=O)O)O2)c1. The van der Waals surface area contributed by atoms with Crippen LogP contribution in [0.15, 0.2) is 24.3 Å². The Labute approximate surface area is 121 Å². The first-order valence-electron chi connectivity index (χ1n) is 6.52. The molecule has 1 heterocycles. The summed E-state index contributed by atoms with van der Waals surface area (Å²) in [6, 6.07) is 6.68. The fourth-order valence-electron chi connectivity index (χ4n) is 2.11. The summed E-state index contributed by atoms with van der Waals surface area (Å²) >= 11 is 0. The summed E-state index contributed by atoms with van der Waals surface area (Å²) in [6.45, 7) is 1.39. The largest absolute Gasteiger partial charge is 0.479 e. The molecule has 0 aromatic heterocycles. The van der Waals surface area contributed by atoms with Gasteiger partial charge in [-0.2, -0.15) is 0 Å². The second-order valence-corrected chi connectivity index (χ2v) is 4.78. The predicted molar refractivity (Wildman–Crippen MR) is 74.9 cm³/mol. The van der Waals surface area contributed by atoms with Gasteiger partial charge in [0.15, 0.2) is 6.10 Å². The maximum Gasteiger partial charge on any atom is 0.332 e. The summed E-state index contributed by atoms with van der Waals surface area (Å²) in [7, 11) is 0. The van der Waals surface area contributed by atoms with Crippen molar-refractivity contribution in [1.29, 1.82) is 0 Å². The number of amides is 2. The smallest absolute Gasteiger partial charge is 0.332 e. The molecule has 1 saturated heterocycles. The van der Waals surface area contributed by atoms with Gasteiger partial charge in [-0.3, -0.25) is 9.59 Å². The standard InChI is InChI=1S/C14H16N2O5/c1-8(17)15-9-3-2-4-10(7-9)16-13(18)11-5-6-12(21-11)14(19)20/h2-4,7,11-12H,5-6H2,1H3,(H,15,17)(H,16,18)(H,19,20). The molecule has 0 saturated carbocycles. The van der Waals surface area contributed by atoms with E-state index in [1.165, 1.54) is 6.92 Å². The van der Waals surface area contributed by atoms with Crippen molar-refractivity contribution >= 4 is 29.2 Å². The average Bonchev–Trinajstić information content (AvgIpc) is 2.88. The number of anilines is 2. The maximum absolute atomic E-state index is 12.0. The van der Waals surface area contributed by atoms with Crippen LogP contribution in [-0.4, -0.2) is 35.1 Å². The zero-order chi connectivity index (χ0) is 15.4. The number of carbonyl (C=O) groups excluding carboxylic acids is 2. The second kappa shape index (κ2) is 6.36. The summed E-state index contributed by atoms with van der Waals surface area (Å²) in [5.74, 6) is -1.65. The molecule has 0 bridgehead atoms. The fourth-order valence-corrected chi connectivity index (χ4v) is 2.11. The molecule has 1 aromatic rings. The van der Waals surface area contributed by atoms with E-state index in [1.807, 2.05) is 0 Å². The van der Waals surface area contributed by atoms with Gasteiger partial charge in [0.1, 0.15) is 6.10 Å². The lowest BCUT2D eigenvalue weighted by Crippen LogP contribution is -2.29. The lowest BCUT2D eigenvalue weighted by molar-refractivity contribution is -0.150. The molecule has 3 N–H and O–H groups in total. The molecule has 2 rings (SSSR count). The van der Waals surface area contributed by atoms with Crippen molar-refractivity contribution in [1.82, 2.24) is 0 Å². The van der Waals surface area contributed by atoms with E-state index >= 15 is 0 Å². The van der Waals surface area contributed by atoms with E-state index < -0.39 is 24.1 Å². The van der Waals surface area contributed by atoms with Crippen LogP contribution in [0.1, 0.15) is 19.8 Å². The highest BCUT2D eigenvalue weighted by molar-refractivity contribution is 5.96. The van der Waals surface area contributed by atoms with Crippen LogP contribution in [-0.2, 0) is 19.1 Å². The molecular formula is C14H16N2O5. The first-order chi connectivity index (χ1) is 9.95. The van der Waals surface area contributed by atoms with E-state index in [2.05, 4.69) is 10.6 Å². The van der Waals surface area contributed by atoms with Crippen LogP contribution in [0, 0.1) is 0 Å². The number of benzene rings is 1. The number of carboxylic acids is 1. The Bertz CT molecular complexity index is 572. The number of hydrogen-bond acceptors (Lipinski definition) is 4. The van der Waals surface area contributed by atoms with Crippen molar-refractivity contribution in [3.8, 4) is 0 Å². The van der Waals surface area contributed by atoms with Crippen molar-refractivity contribution in [3.63, 3.8) is 0 Å². The van der Waals surface area contributed by atoms with E-state index in [9.17, 15) is 14.4 Å². The fraction of sp³-hybridized carbons (Fsp3) is 0.357. The van der Waals surface area contributed by atoms with Crippen molar-refractivity contribution in [2.24, 2.45) is 0 Å². The zero-order valence-corrected chi connectivity index (χ0v) is 11.5. The Kier molecular flexibility index (Phi) is 4.54. The van der Waals surface area contributed by atoms with E-state index in [-0.39, 0.29) is 5.91 Å². The minimum absolute atomic E-state index is 0.207. The third-order valence-electron chi connectivity index (χ3n) is 3.04. The third-order valence-corrected chi connectivity index (χ3v) is 3.04. The van der Waals surface area contributed by atoms with Gasteiger partial charge in [-0.1, -0.05) is 6.07 Å². The highest BCUT2D eigenvalue weighted by Gasteiger charge is 2.34. The van der Waals surface area contributed by atoms with Gasteiger partial charge in [-0.25, -0.2) is 4.79 Å². The summed E-state index contributed by atoms with van der Waals surface area (Å²) in [6.07, 6.45) is -1.00. The quantitative estimate of drug-likeness (QED) is 0.773. The topological polar surface area (TPSA) is 105 Å². The number of carboxylic acid groups (broad SMARTS) is 1. The zero-order valence-electron chi connectivity index (χ0n) is 11.5. The van der Waals surface area contributed by atoms with Crippen molar-refractivity contribution < 1.29 is 24.2 Å². The first kappa shape index (κ1) is 15.0. The van der Waals surface area contributed by atoms with Crippen molar-refractivity contribution in [2.45, 2.75) is 32.0 Å². The van der Waals surface area contributed by atoms with Crippen LogP contribution >= 0.6 is 0 Å².